The number of hydrogen-bond acceptors (Lipinski definition) is 5. The summed E-state index contributed by atoms with van der Waals surface area (Å²) in [4.78, 5) is 25.6. The highest BCUT2D eigenvalue weighted by molar-refractivity contribution is 7.98. The van der Waals surface area contributed by atoms with Gasteiger partial charge in [0.15, 0.2) is 5.16 Å². The van der Waals surface area contributed by atoms with Gasteiger partial charge in [0.2, 0.25) is 0 Å². The molecule has 2 heterocycles. The van der Waals surface area contributed by atoms with E-state index < -0.39 is 0 Å². The van der Waals surface area contributed by atoms with Crippen LogP contribution in [0, 0.1) is 0 Å². The van der Waals surface area contributed by atoms with Crippen LogP contribution >= 0.6 is 35.0 Å². The summed E-state index contributed by atoms with van der Waals surface area (Å²) in [7, 11) is 0. The van der Waals surface area contributed by atoms with E-state index in [2.05, 4.69) is 14.9 Å². The first-order chi connectivity index (χ1) is 11.6. The van der Waals surface area contributed by atoms with E-state index in [-0.39, 0.29) is 5.91 Å². The lowest BCUT2D eigenvalue weighted by atomic mass is 10.1. The number of carbonyl (C=O) groups excluding carboxylic acids is 1. The highest BCUT2D eigenvalue weighted by Crippen LogP contribution is 2.41. The number of rotatable bonds is 3. The maximum atomic E-state index is 13.0. The standard InChI is InChI=1S/C16H14Cl2N4OS/c1-24-16-19-7-10-14(20-16)21(9-5-6-9)8-22(15(10)23)13-11(17)3-2-4-12(13)18/h2-4,7,9H,5-6,8H2,1H3. The van der Waals surface area contributed by atoms with Crippen molar-refractivity contribution in [1.29, 1.82) is 0 Å². The van der Waals surface area contributed by atoms with Gasteiger partial charge in [0.1, 0.15) is 18.1 Å². The molecule has 0 spiro atoms. The Balaban J connectivity index is 1.83. The lowest BCUT2D eigenvalue weighted by Gasteiger charge is -2.37. The zero-order valence-corrected chi connectivity index (χ0v) is 15.2. The van der Waals surface area contributed by atoms with Gasteiger partial charge in [0.25, 0.3) is 5.91 Å². The molecular formula is C16H14Cl2N4OS. The van der Waals surface area contributed by atoms with Crippen molar-refractivity contribution >= 4 is 52.4 Å². The summed E-state index contributed by atoms with van der Waals surface area (Å²) in [6.07, 6.45) is 5.71. The van der Waals surface area contributed by atoms with Crippen LogP contribution in [0.3, 0.4) is 0 Å². The molecule has 1 amide bonds. The fourth-order valence-corrected chi connectivity index (χ4v) is 3.79. The summed E-state index contributed by atoms with van der Waals surface area (Å²) in [5, 5.41) is 1.57. The average molecular weight is 381 g/mol. The molecule has 2 aromatic rings. The van der Waals surface area contributed by atoms with Crippen molar-refractivity contribution in [3.63, 3.8) is 0 Å². The van der Waals surface area contributed by atoms with Crippen LogP contribution in [-0.4, -0.2) is 34.8 Å². The minimum Gasteiger partial charge on any atom is -0.335 e. The van der Waals surface area contributed by atoms with E-state index in [1.807, 2.05) is 6.26 Å². The largest absolute Gasteiger partial charge is 0.335 e. The first kappa shape index (κ1) is 16.0. The Morgan fingerprint density at radius 3 is 2.58 bits per heavy atom. The van der Waals surface area contributed by atoms with Crippen molar-refractivity contribution < 1.29 is 4.79 Å². The molecular weight excluding hydrogens is 367 g/mol. The lowest BCUT2D eigenvalue weighted by molar-refractivity contribution is 0.0981. The molecule has 0 saturated heterocycles. The van der Waals surface area contributed by atoms with Gasteiger partial charge in [-0.15, -0.1) is 0 Å². The number of halogens is 2. The number of fused-ring (bicyclic) bond motifs is 1. The number of hydrogen-bond donors (Lipinski definition) is 0. The van der Waals surface area contributed by atoms with E-state index in [4.69, 9.17) is 23.2 Å². The van der Waals surface area contributed by atoms with Crippen molar-refractivity contribution in [2.75, 3.05) is 22.7 Å². The van der Waals surface area contributed by atoms with Gasteiger partial charge in [-0.1, -0.05) is 41.0 Å². The predicted molar refractivity (Wildman–Crippen MR) is 97.5 cm³/mol. The van der Waals surface area contributed by atoms with Crippen LogP contribution in [0.4, 0.5) is 11.5 Å². The second-order valence-electron chi connectivity index (χ2n) is 5.74. The summed E-state index contributed by atoms with van der Waals surface area (Å²) in [5.74, 6) is 0.533. The fraction of sp³-hybridized carbons (Fsp3) is 0.312. The van der Waals surface area contributed by atoms with Crippen molar-refractivity contribution in [2.45, 2.75) is 24.0 Å². The molecule has 2 aliphatic rings. The van der Waals surface area contributed by atoms with E-state index in [0.717, 1.165) is 12.8 Å². The number of amides is 1. The average Bonchev–Trinajstić information content (AvgIpc) is 3.41. The van der Waals surface area contributed by atoms with E-state index in [1.165, 1.54) is 11.8 Å². The smallest absolute Gasteiger partial charge is 0.265 e. The molecule has 1 fully saturated rings. The Bertz CT molecular complexity index is 807. The van der Waals surface area contributed by atoms with Crippen LogP contribution in [0.15, 0.2) is 29.6 Å². The van der Waals surface area contributed by atoms with Crippen molar-refractivity contribution in [1.82, 2.24) is 9.97 Å². The van der Waals surface area contributed by atoms with Crippen LogP contribution in [0.25, 0.3) is 0 Å². The molecule has 4 rings (SSSR count). The van der Waals surface area contributed by atoms with Gasteiger partial charge >= 0.3 is 0 Å². The Hall–Kier alpha value is -1.50. The third-order valence-corrected chi connectivity index (χ3v) is 5.34. The molecule has 124 valence electrons. The highest BCUT2D eigenvalue weighted by atomic mass is 35.5. The maximum Gasteiger partial charge on any atom is 0.265 e. The molecule has 1 aromatic heterocycles. The quantitative estimate of drug-likeness (QED) is 0.592. The molecule has 0 N–H and O–H groups in total. The molecule has 1 aliphatic heterocycles. The summed E-state index contributed by atoms with van der Waals surface area (Å²) >= 11 is 14.1. The van der Waals surface area contributed by atoms with Crippen LogP contribution in [0.5, 0.6) is 0 Å². The Labute approximate surface area is 154 Å². The van der Waals surface area contributed by atoms with Crippen molar-refractivity contribution in [3.8, 4) is 0 Å². The Kier molecular flexibility index (Phi) is 4.06. The Morgan fingerprint density at radius 1 is 1.25 bits per heavy atom. The molecule has 1 aromatic carbocycles. The Morgan fingerprint density at radius 2 is 1.96 bits per heavy atom. The number of para-hydroxylation sites is 1. The zero-order chi connectivity index (χ0) is 16.8. The summed E-state index contributed by atoms with van der Waals surface area (Å²) in [5.41, 5.74) is 1.03. The van der Waals surface area contributed by atoms with E-state index in [0.29, 0.717) is 45.0 Å². The summed E-state index contributed by atoms with van der Waals surface area (Å²) in [6, 6.07) is 5.63. The topological polar surface area (TPSA) is 49.3 Å². The summed E-state index contributed by atoms with van der Waals surface area (Å²) in [6.45, 7) is 0.394. The fourth-order valence-electron chi connectivity index (χ4n) is 2.85. The maximum absolute atomic E-state index is 13.0. The van der Waals surface area contributed by atoms with Crippen LogP contribution in [-0.2, 0) is 0 Å². The predicted octanol–water partition coefficient (Wildman–Crippen LogP) is 4.09. The molecule has 24 heavy (non-hydrogen) atoms. The van der Waals surface area contributed by atoms with Gasteiger partial charge in [-0.05, 0) is 31.2 Å². The number of nitrogens with zero attached hydrogens (tertiary/aromatic N) is 4. The third kappa shape index (κ3) is 2.62. The molecule has 1 aliphatic carbocycles. The monoisotopic (exact) mass is 380 g/mol. The third-order valence-electron chi connectivity index (χ3n) is 4.17. The zero-order valence-electron chi connectivity index (χ0n) is 12.9. The second kappa shape index (κ2) is 6.10. The summed E-state index contributed by atoms with van der Waals surface area (Å²) < 4.78 is 0. The van der Waals surface area contributed by atoms with Gasteiger partial charge in [-0.25, -0.2) is 9.97 Å². The van der Waals surface area contributed by atoms with Gasteiger partial charge in [0.05, 0.1) is 15.7 Å². The van der Waals surface area contributed by atoms with Crippen molar-refractivity contribution in [2.24, 2.45) is 0 Å². The number of carbonyl (C=O) groups is 1. The molecule has 5 nitrogen and oxygen atoms in total. The van der Waals surface area contributed by atoms with E-state index in [1.54, 1.807) is 29.3 Å². The lowest BCUT2D eigenvalue weighted by Crippen LogP contribution is -2.48. The van der Waals surface area contributed by atoms with Crippen LogP contribution in [0.1, 0.15) is 23.2 Å². The van der Waals surface area contributed by atoms with Gasteiger partial charge in [0, 0.05) is 12.2 Å². The number of anilines is 2. The van der Waals surface area contributed by atoms with Gasteiger partial charge < -0.3 is 4.90 Å². The minimum atomic E-state index is -0.176. The number of thioether (sulfide) groups is 1. The number of benzene rings is 1. The molecule has 0 bridgehead atoms. The van der Waals surface area contributed by atoms with Gasteiger partial charge in [-0.2, -0.15) is 0 Å². The minimum absolute atomic E-state index is 0.176. The van der Waals surface area contributed by atoms with Crippen LogP contribution < -0.4 is 9.80 Å². The molecule has 8 heteroatoms. The first-order valence-electron chi connectivity index (χ1n) is 7.53. The second-order valence-corrected chi connectivity index (χ2v) is 7.33. The number of aromatic nitrogens is 2. The molecule has 0 atom stereocenters. The molecule has 1 saturated carbocycles. The molecule has 0 radical (unpaired) electrons. The van der Waals surface area contributed by atoms with Crippen LogP contribution in [0.2, 0.25) is 10.0 Å². The van der Waals surface area contributed by atoms with Gasteiger partial charge in [-0.3, -0.25) is 9.69 Å². The highest BCUT2D eigenvalue weighted by Gasteiger charge is 2.40. The molecule has 0 unspecified atom stereocenters. The first-order valence-corrected chi connectivity index (χ1v) is 9.51. The SMILES string of the molecule is CSc1ncc2c(n1)N(C1CC1)CN(c1c(Cl)cccc1Cl)C2=O. The normalized spacial score (nSPS) is 17.2. The van der Waals surface area contributed by atoms with E-state index in [9.17, 15) is 4.79 Å². The van der Waals surface area contributed by atoms with Crippen molar-refractivity contribution in [3.05, 3.63) is 40.0 Å². The van der Waals surface area contributed by atoms with E-state index >= 15 is 0 Å².